The molecule has 1 aromatic carbocycles. The average molecular weight is 345 g/mol. The Morgan fingerprint density at radius 3 is 2.83 bits per heavy atom. The Morgan fingerprint density at radius 1 is 1.26 bits per heavy atom. The van der Waals surface area contributed by atoms with Crippen LogP contribution in [-0.4, -0.2) is 33.8 Å². The quantitative estimate of drug-likeness (QED) is 0.668. The number of benzene rings is 1. The molecule has 8 heteroatoms. The van der Waals surface area contributed by atoms with Crippen LogP contribution in [0, 0.1) is 4.77 Å². The van der Waals surface area contributed by atoms with Gasteiger partial charge >= 0.3 is 0 Å². The van der Waals surface area contributed by atoms with E-state index in [0.29, 0.717) is 10.6 Å². The van der Waals surface area contributed by atoms with E-state index < -0.39 is 0 Å². The van der Waals surface area contributed by atoms with Crippen molar-refractivity contribution >= 4 is 29.4 Å². The fourth-order valence-electron chi connectivity index (χ4n) is 2.01. The van der Waals surface area contributed by atoms with Gasteiger partial charge in [0.25, 0.3) is 0 Å². The fourth-order valence-corrected chi connectivity index (χ4v) is 2.97. The summed E-state index contributed by atoms with van der Waals surface area (Å²) in [7, 11) is 1.66. The van der Waals surface area contributed by atoms with Crippen LogP contribution in [0.15, 0.2) is 35.8 Å². The number of aromatic amines is 1. The summed E-state index contributed by atoms with van der Waals surface area (Å²) < 4.78 is 5.53. The largest absolute Gasteiger partial charge is 0.497 e. The van der Waals surface area contributed by atoms with Crippen molar-refractivity contribution < 1.29 is 4.74 Å². The van der Waals surface area contributed by atoms with Gasteiger partial charge in [-0.25, -0.2) is 9.97 Å². The lowest BCUT2D eigenvalue weighted by Crippen LogP contribution is -2.07. The predicted molar refractivity (Wildman–Crippen MR) is 93.5 cm³/mol. The van der Waals surface area contributed by atoms with E-state index in [9.17, 15) is 0 Å². The molecule has 2 heterocycles. The van der Waals surface area contributed by atoms with Crippen molar-refractivity contribution in [3.05, 3.63) is 45.6 Å². The van der Waals surface area contributed by atoms with Gasteiger partial charge in [0.05, 0.1) is 24.0 Å². The second-order valence-electron chi connectivity index (χ2n) is 4.70. The van der Waals surface area contributed by atoms with Crippen molar-refractivity contribution in [2.24, 2.45) is 0 Å². The standard InChI is InChI=1S/C15H15N5OS2/c1-21-11-4-2-10(3-5-11)12-9-23-14(18-12)6-7-16-13-8-17-20-15(22)19-13/h2-5,8-9H,6-7H2,1H3,(H2,16,19,20,22). The zero-order chi connectivity index (χ0) is 16.1. The van der Waals surface area contributed by atoms with Crippen LogP contribution < -0.4 is 10.1 Å². The highest BCUT2D eigenvalue weighted by Gasteiger charge is 2.05. The highest BCUT2D eigenvalue weighted by molar-refractivity contribution is 7.71. The van der Waals surface area contributed by atoms with Crippen LogP contribution in [-0.2, 0) is 6.42 Å². The van der Waals surface area contributed by atoms with Gasteiger partial charge in [-0.05, 0) is 36.5 Å². The number of nitrogens with zero attached hydrogens (tertiary/aromatic N) is 3. The first-order valence-corrected chi connectivity index (χ1v) is 8.28. The van der Waals surface area contributed by atoms with Crippen molar-refractivity contribution in [1.29, 1.82) is 0 Å². The minimum Gasteiger partial charge on any atom is -0.497 e. The Bertz CT molecular complexity index is 828. The predicted octanol–water partition coefficient (Wildman–Crippen LogP) is 3.32. The average Bonchev–Trinajstić information content (AvgIpc) is 3.04. The van der Waals surface area contributed by atoms with Crippen LogP contribution in [0.4, 0.5) is 5.82 Å². The molecule has 0 aliphatic rings. The number of ether oxygens (including phenoxy) is 1. The second-order valence-corrected chi connectivity index (χ2v) is 6.03. The zero-order valence-corrected chi connectivity index (χ0v) is 14.1. The van der Waals surface area contributed by atoms with Crippen molar-refractivity contribution in [1.82, 2.24) is 20.2 Å². The maximum absolute atomic E-state index is 5.17. The van der Waals surface area contributed by atoms with E-state index in [-0.39, 0.29) is 0 Å². The second kappa shape index (κ2) is 7.30. The highest BCUT2D eigenvalue weighted by Crippen LogP contribution is 2.24. The minimum atomic E-state index is 0.367. The fraction of sp³-hybridized carbons (Fsp3) is 0.200. The van der Waals surface area contributed by atoms with Crippen molar-refractivity contribution in [2.45, 2.75) is 6.42 Å². The molecule has 0 atom stereocenters. The van der Waals surface area contributed by atoms with Crippen LogP contribution in [0.3, 0.4) is 0 Å². The molecule has 0 aliphatic carbocycles. The molecule has 0 saturated carbocycles. The Kier molecular flexibility index (Phi) is 4.94. The molecule has 3 rings (SSSR count). The number of thiazole rings is 1. The summed E-state index contributed by atoms with van der Waals surface area (Å²) in [5, 5.41) is 12.8. The van der Waals surface area contributed by atoms with E-state index >= 15 is 0 Å². The summed E-state index contributed by atoms with van der Waals surface area (Å²) in [6.07, 6.45) is 2.42. The third-order valence-electron chi connectivity index (χ3n) is 3.15. The summed E-state index contributed by atoms with van der Waals surface area (Å²) in [5.74, 6) is 1.51. The molecule has 0 spiro atoms. The van der Waals surface area contributed by atoms with E-state index in [4.69, 9.17) is 17.0 Å². The van der Waals surface area contributed by atoms with Gasteiger partial charge in [-0.1, -0.05) is 0 Å². The molecule has 118 valence electrons. The van der Waals surface area contributed by atoms with Crippen LogP contribution >= 0.6 is 23.6 Å². The maximum Gasteiger partial charge on any atom is 0.215 e. The minimum absolute atomic E-state index is 0.367. The lowest BCUT2D eigenvalue weighted by atomic mass is 10.2. The van der Waals surface area contributed by atoms with Gasteiger partial charge < -0.3 is 10.1 Å². The number of aromatic nitrogens is 4. The summed E-state index contributed by atoms with van der Waals surface area (Å²) >= 11 is 6.58. The summed E-state index contributed by atoms with van der Waals surface area (Å²) in [4.78, 5) is 8.79. The molecule has 0 saturated heterocycles. The summed E-state index contributed by atoms with van der Waals surface area (Å²) in [6.45, 7) is 0.725. The molecule has 2 N–H and O–H groups in total. The number of hydrogen-bond acceptors (Lipinski definition) is 7. The third-order valence-corrected chi connectivity index (χ3v) is 4.24. The smallest absolute Gasteiger partial charge is 0.215 e. The zero-order valence-electron chi connectivity index (χ0n) is 12.4. The molecule has 3 aromatic rings. The SMILES string of the molecule is COc1ccc(-c2csc(CCNc3cn[nH]c(=S)n3)n2)cc1. The molecule has 6 nitrogen and oxygen atoms in total. The molecular weight excluding hydrogens is 330 g/mol. The topological polar surface area (TPSA) is 75.7 Å². The molecular formula is C15H15N5OS2. The number of hydrogen-bond donors (Lipinski definition) is 2. The molecule has 2 aromatic heterocycles. The number of rotatable bonds is 6. The van der Waals surface area contributed by atoms with E-state index in [1.807, 2.05) is 24.3 Å². The molecule has 0 bridgehead atoms. The maximum atomic E-state index is 5.17. The van der Waals surface area contributed by atoms with Gasteiger partial charge in [0, 0.05) is 23.9 Å². The number of nitrogens with one attached hydrogen (secondary N) is 2. The first kappa shape index (κ1) is 15.6. The van der Waals surface area contributed by atoms with Gasteiger partial charge in [0.15, 0.2) is 0 Å². The van der Waals surface area contributed by atoms with Crippen LogP contribution in [0.2, 0.25) is 0 Å². The number of methoxy groups -OCH3 is 1. The van der Waals surface area contributed by atoms with Gasteiger partial charge in [0.2, 0.25) is 4.77 Å². The van der Waals surface area contributed by atoms with Crippen LogP contribution in [0.5, 0.6) is 5.75 Å². The van der Waals surface area contributed by atoms with E-state index in [1.54, 1.807) is 24.6 Å². The Labute approximate surface area is 142 Å². The van der Waals surface area contributed by atoms with Gasteiger partial charge in [-0.3, -0.25) is 5.10 Å². The van der Waals surface area contributed by atoms with Gasteiger partial charge in [0.1, 0.15) is 11.6 Å². The van der Waals surface area contributed by atoms with Gasteiger partial charge in [-0.2, -0.15) is 5.10 Å². The molecule has 0 aliphatic heterocycles. The molecule has 0 amide bonds. The molecule has 0 radical (unpaired) electrons. The molecule has 0 fully saturated rings. The summed E-state index contributed by atoms with van der Waals surface area (Å²) in [5.41, 5.74) is 2.07. The highest BCUT2D eigenvalue weighted by atomic mass is 32.1. The summed E-state index contributed by atoms with van der Waals surface area (Å²) in [6, 6.07) is 7.90. The normalized spacial score (nSPS) is 10.5. The van der Waals surface area contributed by atoms with Crippen molar-refractivity contribution in [3.63, 3.8) is 0 Å². The lowest BCUT2D eigenvalue weighted by molar-refractivity contribution is 0.415. The number of H-pyrrole nitrogens is 1. The Hall–Kier alpha value is -2.32. The first-order valence-electron chi connectivity index (χ1n) is 6.99. The van der Waals surface area contributed by atoms with E-state index in [2.05, 4.69) is 30.9 Å². The Balaban J connectivity index is 1.59. The van der Waals surface area contributed by atoms with Crippen molar-refractivity contribution in [2.75, 3.05) is 19.0 Å². The van der Waals surface area contributed by atoms with Crippen molar-refractivity contribution in [3.8, 4) is 17.0 Å². The third kappa shape index (κ3) is 4.11. The van der Waals surface area contributed by atoms with Crippen LogP contribution in [0.1, 0.15) is 5.01 Å². The number of anilines is 1. The molecule has 0 unspecified atom stereocenters. The van der Waals surface area contributed by atoms with Gasteiger partial charge in [-0.15, -0.1) is 11.3 Å². The lowest BCUT2D eigenvalue weighted by Gasteiger charge is -2.02. The van der Waals surface area contributed by atoms with E-state index in [0.717, 1.165) is 35.0 Å². The molecule has 23 heavy (non-hydrogen) atoms. The van der Waals surface area contributed by atoms with Crippen LogP contribution in [0.25, 0.3) is 11.3 Å². The monoisotopic (exact) mass is 345 g/mol. The Morgan fingerprint density at radius 2 is 2.09 bits per heavy atom. The van der Waals surface area contributed by atoms with E-state index in [1.165, 1.54) is 0 Å². The first-order chi connectivity index (χ1) is 11.2.